The number of nitrogens with zero attached hydrogens (tertiary/aromatic N) is 1. The van der Waals surface area contributed by atoms with E-state index in [1.807, 2.05) is 31.2 Å². The van der Waals surface area contributed by atoms with Gasteiger partial charge in [0.25, 0.3) is 5.91 Å². The van der Waals surface area contributed by atoms with Crippen molar-refractivity contribution in [1.82, 2.24) is 4.90 Å². The highest BCUT2D eigenvalue weighted by Gasteiger charge is 2.39. The number of hydrogen-bond acceptors (Lipinski definition) is 5. The fraction of sp³-hybridized carbons (Fsp3) is 0.400. The van der Waals surface area contributed by atoms with Gasteiger partial charge in [0, 0.05) is 25.3 Å². The van der Waals surface area contributed by atoms with Gasteiger partial charge in [0.2, 0.25) is 11.8 Å². The van der Waals surface area contributed by atoms with Crippen LogP contribution in [0.3, 0.4) is 0 Å². The van der Waals surface area contributed by atoms with Gasteiger partial charge in [-0.1, -0.05) is 17.7 Å². The van der Waals surface area contributed by atoms with Crippen molar-refractivity contribution in [3.8, 4) is 5.75 Å². The van der Waals surface area contributed by atoms with Gasteiger partial charge in [-0.15, -0.1) is 0 Å². The lowest BCUT2D eigenvalue weighted by molar-refractivity contribution is -0.130. The number of carbonyl (C=O) groups is 3. The maximum Gasteiger partial charge on any atom is 0.257 e. The van der Waals surface area contributed by atoms with E-state index in [1.54, 1.807) is 30.1 Å². The van der Waals surface area contributed by atoms with Crippen molar-refractivity contribution in [2.45, 2.75) is 51.4 Å². The molecule has 3 amide bonds. The lowest BCUT2D eigenvalue weighted by Crippen LogP contribution is -2.53. The number of hydrogen-bond donors (Lipinski definition) is 2. The van der Waals surface area contributed by atoms with E-state index in [0.29, 0.717) is 29.8 Å². The molecule has 0 unspecified atom stereocenters. The monoisotopic (exact) mass is 451 g/mol. The normalized spacial score (nSPS) is 22.2. The molecule has 0 radical (unpaired) electrons. The third-order valence-corrected chi connectivity index (χ3v) is 6.08. The molecule has 2 aromatic carbocycles. The minimum atomic E-state index is -0.340. The summed E-state index contributed by atoms with van der Waals surface area (Å²) < 4.78 is 12.2. The van der Waals surface area contributed by atoms with E-state index in [9.17, 15) is 14.4 Å². The largest absolute Gasteiger partial charge is 0.490 e. The number of amides is 3. The maximum absolute atomic E-state index is 13.2. The Morgan fingerprint density at radius 2 is 1.79 bits per heavy atom. The van der Waals surface area contributed by atoms with Gasteiger partial charge in [-0.25, -0.2) is 0 Å². The summed E-state index contributed by atoms with van der Waals surface area (Å²) in [6, 6.07) is 12.5. The standard InChI is InChI=1S/C25H29N3O5/c1-15-4-6-17(7-5-15)27-24(30)13-19-9-10-21-23(33-19)14-32-22-11-8-18(26-16(2)29)12-20(22)25(31)28(21)3/h4-8,11-12,19,21,23H,9-10,13-14H2,1-3H3,(H,26,29)(H,27,30)/t19-,21+,23-/m1/s1. The van der Waals surface area contributed by atoms with Crippen LogP contribution in [0.15, 0.2) is 42.5 Å². The fourth-order valence-electron chi connectivity index (χ4n) is 4.36. The molecule has 1 fully saturated rings. The molecule has 33 heavy (non-hydrogen) atoms. The number of ether oxygens (including phenoxy) is 2. The van der Waals surface area contributed by atoms with Crippen LogP contribution in [0.5, 0.6) is 5.75 Å². The summed E-state index contributed by atoms with van der Waals surface area (Å²) in [7, 11) is 1.76. The second-order valence-corrected chi connectivity index (χ2v) is 8.68. The van der Waals surface area contributed by atoms with Crippen molar-refractivity contribution >= 4 is 29.1 Å². The molecule has 3 atom stereocenters. The van der Waals surface area contributed by atoms with Crippen LogP contribution in [0.4, 0.5) is 11.4 Å². The van der Waals surface area contributed by atoms with Crippen LogP contribution in [-0.4, -0.2) is 54.5 Å². The van der Waals surface area contributed by atoms with Gasteiger partial charge in [-0.05, 0) is 50.1 Å². The Morgan fingerprint density at radius 3 is 2.52 bits per heavy atom. The van der Waals surface area contributed by atoms with Crippen LogP contribution in [-0.2, 0) is 14.3 Å². The maximum atomic E-state index is 13.2. The number of anilines is 2. The van der Waals surface area contributed by atoms with E-state index in [-0.39, 0.29) is 49.0 Å². The third kappa shape index (κ3) is 5.34. The number of aryl methyl sites for hydroxylation is 1. The molecule has 0 saturated carbocycles. The Hall–Kier alpha value is -3.39. The molecule has 2 aliphatic rings. The fourth-order valence-corrected chi connectivity index (χ4v) is 4.36. The Balaban J connectivity index is 1.42. The Labute approximate surface area is 193 Å². The molecular formula is C25H29N3O5. The zero-order valence-corrected chi connectivity index (χ0v) is 19.1. The van der Waals surface area contributed by atoms with E-state index in [4.69, 9.17) is 9.47 Å². The van der Waals surface area contributed by atoms with Gasteiger partial charge < -0.3 is 25.0 Å². The molecule has 0 aromatic heterocycles. The summed E-state index contributed by atoms with van der Waals surface area (Å²) in [6.07, 6.45) is 1.03. The summed E-state index contributed by atoms with van der Waals surface area (Å²) in [6.45, 7) is 3.68. The number of carbonyl (C=O) groups excluding carboxylic acids is 3. The first-order valence-electron chi connectivity index (χ1n) is 11.1. The highest BCUT2D eigenvalue weighted by atomic mass is 16.5. The van der Waals surface area contributed by atoms with Crippen molar-refractivity contribution in [3.05, 3.63) is 53.6 Å². The number of rotatable bonds is 4. The Kier molecular flexibility index (Phi) is 6.65. The zero-order valence-electron chi connectivity index (χ0n) is 19.1. The van der Waals surface area contributed by atoms with Gasteiger partial charge in [-0.2, -0.15) is 0 Å². The van der Waals surface area contributed by atoms with Crippen molar-refractivity contribution in [1.29, 1.82) is 0 Å². The summed E-state index contributed by atoms with van der Waals surface area (Å²) in [5.41, 5.74) is 2.84. The molecule has 2 heterocycles. The van der Waals surface area contributed by atoms with E-state index in [2.05, 4.69) is 10.6 Å². The highest BCUT2D eigenvalue weighted by molar-refractivity contribution is 5.99. The quantitative estimate of drug-likeness (QED) is 0.743. The lowest BCUT2D eigenvalue weighted by Gasteiger charge is -2.42. The molecule has 0 aliphatic carbocycles. The topological polar surface area (TPSA) is 97.0 Å². The van der Waals surface area contributed by atoms with Gasteiger partial charge in [0.1, 0.15) is 18.5 Å². The molecule has 174 valence electrons. The summed E-state index contributed by atoms with van der Waals surface area (Å²) in [5, 5.41) is 5.61. The molecule has 2 aliphatic heterocycles. The molecule has 1 saturated heterocycles. The van der Waals surface area contributed by atoms with Crippen molar-refractivity contribution in [3.63, 3.8) is 0 Å². The second kappa shape index (κ2) is 9.62. The number of nitrogens with one attached hydrogen (secondary N) is 2. The van der Waals surface area contributed by atoms with Crippen LogP contribution in [0, 0.1) is 6.92 Å². The first kappa shape index (κ1) is 22.8. The molecule has 8 nitrogen and oxygen atoms in total. The first-order chi connectivity index (χ1) is 15.8. The lowest BCUT2D eigenvalue weighted by atomic mass is 9.94. The molecule has 8 heteroatoms. The minimum absolute atomic E-state index is 0.102. The molecular weight excluding hydrogens is 422 g/mol. The predicted octanol–water partition coefficient (Wildman–Crippen LogP) is 3.36. The SMILES string of the molecule is CC(=O)Nc1ccc2c(c1)C(=O)N(C)[C@H]1CC[C@H](CC(=O)Nc3ccc(C)cc3)O[C@@H]1CO2. The van der Waals surface area contributed by atoms with Gasteiger partial charge in [0.15, 0.2) is 0 Å². The van der Waals surface area contributed by atoms with E-state index >= 15 is 0 Å². The highest BCUT2D eigenvalue weighted by Crippen LogP contribution is 2.32. The van der Waals surface area contributed by atoms with Crippen LogP contribution in [0.2, 0.25) is 0 Å². The van der Waals surface area contributed by atoms with Crippen molar-refractivity contribution in [2.75, 3.05) is 24.3 Å². The summed E-state index contributed by atoms with van der Waals surface area (Å²) in [5.74, 6) is -0.0524. The van der Waals surface area contributed by atoms with E-state index < -0.39 is 0 Å². The third-order valence-electron chi connectivity index (χ3n) is 6.08. The van der Waals surface area contributed by atoms with Gasteiger partial charge in [-0.3, -0.25) is 14.4 Å². The number of fused-ring (bicyclic) bond motifs is 2. The van der Waals surface area contributed by atoms with Crippen LogP contribution in [0.1, 0.15) is 42.1 Å². The summed E-state index contributed by atoms with van der Waals surface area (Å²) in [4.78, 5) is 38.8. The van der Waals surface area contributed by atoms with Crippen molar-refractivity contribution in [2.24, 2.45) is 0 Å². The number of benzene rings is 2. The predicted molar refractivity (Wildman–Crippen MR) is 124 cm³/mol. The Bertz CT molecular complexity index is 1050. The minimum Gasteiger partial charge on any atom is -0.490 e. The second-order valence-electron chi connectivity index (χ2n) is 8.68. The summed E-state index contributed by atoms with van der Waals surface area (Å²) >= 11 is 0. The van der Waals surface area contributed by atoms with Gasteiger partial charge >= 0.3 is 0 Å². The van der Waals surface area contributed by atoms with E-state index in [1.165, 1.54) is 6.92 Å². The molecule has 0 bridgehead atoms. The average molecular weight is 452 g/mol. The Morgan fingerprint density at radius 1 is 1.06 bits per heavy atom. The molecule has 2 N–H and O–H groups in total. The van der Waals surface area contributed by atoms with Crippen LogP contribution >= 0.6 is 0 Å². The smallest absolute Gasteiger partial charge is 0.257 e. The first-order valence-corrected chi connectivity index (χ1v) is 11.1. The molecule has 2 aromatic rings. The number of likely N-dealkylation sites (N-methyl/N-ethyl adjacent to an activating group) is 1. The van der Waals surface area contributed by atoms with Crippen LogP contribution in [0.25, 0.3) is 0 Å². The van der Waals surface area contributed by atoms with Crippen LogP contribution < -0.4 is 15.4 Å². The average Bonchev–Trinajstić information content (AvgIpc) is 2.78. The zero-order chi connectivity index (χ0) is 23.5. The van der Waals surface area contributed by atoms with E-state index in [0.717, 1.165) is 11.3 Å². The van der Waals surface area contributed by atoms with Gasteiger partial charge in [0.05, 0.1) is 24.1 Å². The molecule has 4 rings (SSSR count). The molecule has 0 spiro atoms. The van der Waals surface area contributed by atoms with Crippen molar-refractivity contribution < 1.29 is 23.9 Å².